The van der Waals surface area contributed by atoms with Crippen molar-refractivity contribution < 1.29 is 13.9 Å². The molecule has 1 aliphatic rings. The fourth-order valence-corrected chi connectivity index (χ4v) is 3.95. The van der Waals surface area contributed by atoms with E-state index in [-0.39, 0.29) is 30.4 Å². The Balaban J connectivity index is 1.52. The molecule has 0 N–H and O–H groups in total. The third-order valence-electron chi connectivity index (χ3n) is 6.16. The molecule has 0 aromatic heterocycles. The maximum Gasteiger partial charge on any atom is 0.260 e. The Kier molecular flexibility index (Phi) is 7.48. The Bertz CT molecular complexity index is 822. The van der Waals surface area contributed by atoms with Crippen LogP contribution in [0.2, 0.25) is 0 Å². The third-order valence-corrected chi connectivity index (χ3v) is 6.16. The number of halogens is 1. The summed E-state index contributed by atoms with van der Waals surface area (Å²) in [7, 11) is 0. The zero-order valence-electron chi connectivity index (χ0n) is 18.5. The first-order chi connectivity index (χ1) is 14.4. The Labute approximate surface area is 179 Å². The average molecular weight is 413 g/mol. The molecule has 30 heavy (non-hydrogen) atoms. The minimum Gasteiger partial charge on any atom is -0.484 e. The first-order valence-corrected chi connectivity index (χ1v) is 10.9. The molecule has 0 spiro atoms. The summed E-state index contributed by atoms with van der Waals surface area (Å²) in [6.45, 7) is 10.8. The van der Waals surface area contributed by atoms with E-state index in [0.717, 1.165) is 30.8 Å². The fourth-order valence-electron chi connectivity index (χ4n) is 3.95. The molecule has 5 heteroatoms. The van der Waals surface area contributed by atoms with Crippen molar-refractivity contribution in [1.82, 2.24) is 9.80 Å². The van der Waals surface area contributed by atoms with Crippen molar-refractivity contribution in [2.45, 2.75) is 58.7 Å². The number of carbonyl (C=O) groups is 1. The summed E-state index contributed by atoms with van der Waals surface area (Å²) in [5, 5.41) is 0. The second-order valence-electron chi connectivity index (χ2n) is 8.47. The quantitative estimate of drug-likeness (QED) is 0.652. The van der Waals surface area contributed by atoms with Gasteiger partial charge in [0.1, 0.15) is 11.6 Å². The molecule has 2 aromatic carbocycles. The van der Waals surface area contributed by atoms with Crippen molar-refractivity contribution in [3.05, 3.63) is 65.5 Å². The molecule has 0 saturated carbocycles. The van der Waals surface area contributed by atoms with Crippen LogP contribution in [0.15, 0.2) is 48.5 Å². The Hall–Kier alpha value is -2.40. The van der Waals surface area contributed by atoms with E-state index in [1.165, 1.54) is 17.7 Å². The maximum atomic E-state index is 13.1. The summed E-state index contributed by atoms with van der Waals surface area (Å²) in [4.78, 5) is 17.1. The lowest BCUT2D eigenvalue weighted by Gasteiger charge is -2.44. The van der Waals surface area contributed by atoms with Crippen LogP contribution >= 0.6 is 0 Å². The molecule has 3 unspecified atom stereocenters. The number of carbonyl (C=O) groups excluding carboxylic acids is 1. The largest absolute Gasteiger partial charge is 0.484 e. The van der Waals surface area contributed by atoms with Gasteiger partial charge in [0, 0.05) is 31.7 Å². The van der Waals surface area contributed by atoms with Crippen LogP contribution in [0.4, 0.5) is 4.39 Å². The summed E-state index contributed by atoms with van der Waals surface area (Å²) in [5.74, 6) is 1.05. The van der Waals surface area contributed by atoms with Gasteiger partial charge >= 0.3 is 0 Å². The van der Waals surface area contributed by atoms with Crippen LogP contribution in [0.5, 0.6) is 5.75 Å². The van der Waals surface area contributed by atoms with Gasteiger partial charge in [-0.05, 0) is 61.6 Å². The summed E-state index contributed by atoms with van der Waals surface area (Å²) in [6.07, 6.45) is 1.10. The van der Waals surface area contributed by atoms with E-state index in [1.54, 1.807) is 0 Å². The predicted molar refractivity (Wildman–Crippen MR) is 118 cm³/mol. The van der Waals surface area contributed by atoms with Crippen LogP contribution in [-0.2, 0) is 11.3 Å². The smallest absolute Gasteiger partial charge is 0.260 e. The lowest BCUT2D eigenvalue weighted by molar-refractivity contribution is -0.139. The number of hydrogen-bond acceptors (Lipinski definition) is 3. The number of amides is 1. The molecule has 1 aliphatic heterocycles. The van der Waals surface area contributed by atoms with Crippen LogP contribution in [0.1, 0.15) is 51.2 Å². The topological polar surface area (TPSA) is 32.8 Å². The van der Waals surface area contributed by atoms with E-state index >= 15 is 0 Å². The van der Waals surface area contributed by atoms with Gasteiger partial charge in [0.25, 0.3) is 5.91 Å². The molecule has 3 atom stereocenters. The zero-order chi connectivity index (χ0) is 21.7. The highest BCUT2D eigenvalue weighted by molar-refractivity contribution is 5.78. The molecular formula is C25H33FN2O2. The third kappa shape index (κ3) is 5.60. The van der Waals surface area contributed by atoms with Gasteiger partial charge in [0.15, 0.2) is 6.61 Å². The maximum absolute atomic E-state index is 13.1. The number of piperazine rings is 1. The number of nitrogens with zero attached hydrogens (tertiary/aromatic N) is 2. The summed E-state index contributed by atoms with van der Waals surface area (Å²) in [5.41, 5.74) is 2.37. The van der Waals surface area contributed by atoms with Gasteiger partial charge in [-0.15, -0.1) is 0 Å². The molecule has 162 valence electrons. The van der Waals surface area contributed by atoms with Gasteiger partial charge in [0.05, 0.1) is 0 Å². The Morgan fingerprint density at radius 3 is 2.37 bits per heavy atom. The molecule has 3 rings (SSSR count). The van der Waals surface area contributed by atoms with Crippen molar-refractivity contribution in [3.8, 4) is 5.75 Å². The number of hydrogen-bond donors (Lipinski definition) is 0. The lowest BCUT2D eigenvalue weighted by Crippen LogP contribution is -2.58. The van der Waals surface area contributed by atoms with E-state index in [1.807, 2.05) is 29.2 Å². The van der Waals surface area contributed by atoms with E-state index in [4.69, 9.17) is 4.74 Å². The molecular weight excluding hydrogens is 379 g/mol. The van der Waals surface area contributed by atoms with Crippen molar-refractivity contribution in [1.29, 1.82) is 0 Å². The number of rotatable bonds is 7. The molecule has 0 bridgehead atoms. The average Bonchev–Trinajstić information content (AvgIpc) is 2.75. The summed E-state index contributed by atoms with van der Waals surface area (Å²) < 4.78 is 18.9. The standard InChI is InChI=1S/C25H33FN2O2/c1-5-18(2)22-8-12-24(13-9-22)30-17-25(29)28-15-19(3)27(14-20(28)4)16-21-6-10-23(26)11-7-21/h6-13,18-20H,5,14-17H2,1-4H3. The molecule has 1 saturated heterocycles. The van der Waals surface area contributed by atoms with Crippen LogP contribution in [0.3, 0.4) is 0 Å². The zero-order valence-corrected chi connectivity index (χ0v) is 18.5. The fraction of sp³-hybridized carbons (Fsp3) is 0.480. The highest BCUT2D eigenvalue weighted by atomic mass is 19.1. The van der Waals surface area contributed by atoms with Gasteiger partial charge in [-0.2, -0.15) is 0 Å². The second kappa shape index (κ2) is 10.1. The van der Waals surface area contributed by atoms with Crippen LogP contribution in [0, 0.1) is 5.82 Å². The SMILES string of the molecule is CCC(C)c1ccc(OCC(=O)N2CC(C)N(Cc3ccc(F)cc3)CC2C)cc1. The van der Waals surface area contributed by atoms with E-state index < -0.39 is 0 Å². The molecule has 0 aliphatic carbocycles. The van der Waals surface area contributed by atoms with Gasteiger partial charge in [0.2, 0.25) is 0 Å². The van der Waals surface area contributed by atoms with Crippen molar-refractivity contribution >= 4 is 5.91 Å². The molecule has 4 nitrogen and oxygen atoms in total. The molecule has 2 aromatic rings. The van der Waals surface area contributed by atoms with Crippen molar-refractivity contribution in [2.75, 3.05) is 19.7 Å². The molecule has 0 radical (unpaired) electrons. The Morgan fingerprint density at radius 1 is 1.07 bits per heavy atom. The first-order valence-electron chi connectivity index (χ1n) is 10.9. The van der Waals surface area contributed by atoms with Gasteiger partial charge in [-0.25, -0.2) is 4.39 Å². The number of ether oxygens (including phenoxy) is 1. The van der Waals surface area contributed by atoms with Gasteiger partial charge in [-0.3, -0.25) is 9.69 Å². The highest BCUT2D eigenvalue weighted by Crippen LogP contribution is 2.22. The van der Waals surface area contributed by atoms with Crippen LogP contribution < -0.4 is 4.74 Å². The molecule has 1 fully saturated rings. The molecule has 1 amide bonds. The van der Waals surface area contributed by atoms with E-state index in [0.29, 0.717) is 12.5 Å². The van der Waals surface area contributed by atoms with Crippen LogP contribution in [-0.4, -0.2) is 47.5 Å². The second-order valence-corrected chi connectivity index (χ2v) is 8.47. The Morgan fingerprint density at radius 2 is 1.73 bits per heavy atom. The summed E-state index contributed by atoms with van der Waals surface area (Å²) in [6, 6.07) is 15.0. The first kappa shape index (κ1) is 22.3. The van der Waals surface area contributed by atoms with Crippen molar-refractivity contribution in [3.63, 3.8) is 0 Å². The van der Waals surface area contributed by atoms with E-state index in [2.05, 4.69) is 44.7 Å². The minimum absolute atomic E-state index is 0.0155. The van der Waals surface area contributed by atoms with Crippen molar-refractivity contribution in [2.24, 2.45) is 0 Å². The van der Waals surface area contributed by atoms with E-state index in [9.17, 15) is 9.18 Å². The monoisotopic (exact) mass is 412 g/mol. The van der Waals surface area contributed by atoms with Crippen LogP contribution in [0.25, 0.3) is 0 Å². The lowest BCUT2D eigenvalue weighted by atomic mass is 9.99. The predicted octanol–water partition coefficient (Wildman–Crippen LogP) is 4.84. The number of benzene rings is 2. The normalized spacial score (nSPS) is 20.8. The summed E-state index contributed by atoms with van der Waals surface area (Å²) >= 11 is 0. The molecule has 1 heterocycles. The van der Waals surface area contributed by atoms with Gasteiger partial charge < -0.3 is 9.64 Å². The highest BCUT2D eigenvalue weighted by Gasteiger charge is 2.32. The minimum atomic E-state index is -0.218. The van der Waals surface area contributed by atoms with Gasteiger partial charge in [-0.1, -0.05) is 38.1 Å².